The molecule has 2 aromatic carbocycles. The molecule has 1 aliphatic rings. The topological polar surface area (TPSA) is 151 Å². The zero-order valence-corrected chi connectivity index (χ0v) is 15.9. The molecule has 3 rings (SSSR count). The second-order valence-corrected chi connectivity index (χ2v) is 6.98. The van der Waals surface area contributed by atoms with Gasteiger partial charge in [0.15, 0.2) is 0 Å². The van der Waals surface area contributed by atoms with E-state index in [4.69, 9.17) is 0 Å². The number of nitro benzene ring substituents is 2. The lowest BCUT2D eigenvalue weighted by Crippen LogP contribution is -2.27. The van der Waals surface area contributed by atoms with Gasteiger partial charge in [0.2, 0.25) is 0 Å². The number of non-ortho nitro benzene ring substituents is 2. The molecule has 0 saturated heterocycles. The molecule has 1 aliphatic carbocycles. The number of benzene rings is 2. The van der Waals surface area contributed by atoms with E-state index in [1.165, 1.54) is 48.8 Å². The van der Waals surface area contributed by atoms with E-state index in [9.17, 15) is 30.4 Å². The minimum atomic E-state index is -0.546. The third kappa shape index (κ3) is 4.96. The maximum Gasteiger partial charge on any atom is 0.270 e. The van der Waals surface area contributed by atoms with Crippen LogP contribution in [0.15, 0.2) is 46.4 Å². The molecule has 0 radical (unpaired) electrons. The summed E-state index contributed by atoms with van der Waals surface area (Å²) in [6.07, 6.45) is 6.19. The summed E-state index contributed by atoms with van der Waals surface area (Å²) in [6.45, 7) is 0. The van der Waals surface area contributed by atoms with Gasteiger partial charge in [-0.3, -0.25) is 30.2 Å². The van der Waals surface area contributed by atoms with Crippen molar-refractivity contribution >= 4 is 23.8 Å². The first-order chi connectivity index (χ1) is 14.3. The summed E-state index contributed by atoms with van der Waals surface area (Å²) in [5.41, 5.74) is 0.199. The van der Waals surface area contributed by atoms with Gasteiger partial charge in [-0.1, -0.05) is 12.8 Å². The van der Waals surface area contributed by atoms with E-state index in [0.29, 0.717) is 0 Å². The third-order valence-corrected chi connectivity index (χ3v) is 4.95. The summed E-state index contributed by atoms with van der Waals surface area (Å²) >= 11 is 0. The van der Waals surface area contributed by atoms with E-state index in [0.717, 1.165) is 25.7 Å². The first kappa shape index (κ1) is 20.9. The molecular weight excluding hydrogens is 392 g/mol. The Hall–Kier alpha value is -3.82. The summed E-state index contributed by atoms with van der Waals surface area (Å²) in [6, 6.07) is 7.01. The fourth-order valence-corrected chi connectivity index (χ4v) is 3.31. The standard InChI is InChI=1S/C20H20N4O6/c25-19-7-5-15(23(27)28)9-13(19)11-21-17-3-1-2-4-18(17)22-12-14-10-16(24(29)30)6-8-20(14)26/h5-12,17-18,25-26H,1-4H2. The lowest BCUT2D eigenvalue weighted by molar-refractivity contribution is -0.385. The highest BCUT2D eigenvalue weighted by molar-refractivity contribution is 5.85. The van der Waals surface area contributed by atoms with E-state index in [1.54, 1.807) is 0 Å². The van der Waals surface area contributed by atoms with Crippen molar-refractivity contribution in [2.24, 2.45) is 9.98 Å². The average molecular weight is 412 g/mol. The Bertz CT molecular complexity index is 939. The molecule has 30 heavy (non-hydrogen) atoms. The molecule has 2 N–H and O–H groups in total. The predicted octanol–water partition coefficient (Wildman–Crippen LogP) is 3.76. The zero-order valence-electron chi connectivity index (χ0n) is 15.9. The van der Waals surface area contributed by atoms with Crippen LogP contribution in [-0.2, 0) is 0 Å². The predicted molar refractivity (Wildman–Crippen MR) is 111 cm³/mol. The minimum absolute atomic E-state index is 0.110. The molecule has 2 unspecified atom stereocenters. The quantitative estimate of drug-likeness (QED) is 0.419. The van der Waals surface area contributed by atoms with Crippen molar-refractivity contribution in [3.63, 3.8) is 0 Å². The van der Waals surface area contributed by atoms with Crippen LogP contribution in [-0.4, -0.2) is 44.6 Å². The van der Waals surface area contributed by atoms with Crippen molar-refractivity contribution in [1.29, 1.82) is 0 Å². The van der Waals surface area contributed by atoms with Gasteiger partial charge in [-0.05, 0) is 25.0 Å². The maximum absolute atomic E-state index is 10.9. The number of nitro groups is 2. The Morgan fingerprint density at radius 1 is 0.800 bits per heavy atom. The molecule has 0 spiro atoms. The Balaban J connectivity index is 1.81. The van der Waals surface area contributed by atoms with Crippen molar-refractivity contribution in [2.75, 3.05) is 0 Å². The molecule has 0 bridgehead atoms. The van der Waals surface area contributed by atoms with Crippen LogP contribution in [0.25, 0.3) is 0 Å². The van der Waals surface area contributed by atoms with Crippen molar-refractivity contribution in [2.45, 2.75) is 37.8 Å². The molecule has 0 amide bonds. The molecule has 0 aliphatic heterocycles. The molecule has 1 saturated carbocycles. The van der Waals surface area contributed by atoms with Gasteiger partial charge in [0.25, 0.3) is 11.4 Å². The average Bonchev–Trinajstić information content (AvgIpc) is 2.72. The minimum Gasteiger partial charge on any atom is -0.507 e. The van der Waals surface area contributed by atoms with Crippen LogP contribution < -0.4 is 0 Å². The molecule has 0 heterocycles. The summed E-state index contributed by atoms with van der Waals surface area (Å²) in [5, 5.41) is 41.7. The van der Waals surface area contributed by atoms with Crippen LogP contribution in [0.3, 0.4) is 0 Å². The lowest BCUT2D eigenvalue weighted by atomic mass is 9.91. The summed E-state index contributed by atoms with van der Waals surface area (Å²) in [5.74, 6) is -0.219. The molecule has 2 atom stereocenters. The van der Waals surface area contributed by atoms with Gasteiger partial charge in [-0.15, -0.1) is 0 Å². The molecule has 2 aromatic rings. The molecule has 10 heteroatoms. The maximum atomic E-state index is 10.9. The summed E-state index contributed by atoms with van der Waals surface area (Å²) in [4.78, 5) is 29.7. The van der Waals surface area contributed by atoms with Crippen LogP contribution in [0, 0.1) is 20.2 Å². The number of aliphatic imine (C=N–C) groups is 2. The van der Waals surface area contributed by atoms with E-state index < -0.39 is 9.85 Å². The second kappa shape index (κ2) is 9.12. The van der Waals surface area contributed by atoms with Gasteiger partial charge < -0.3 is 10.2 Å². The van der Waals surface area contributed by atoms with Crippen LogP contribution in [0.4, 0.5) is 11.4 Å². The Kier molecular flexibility index (Phi) is 6.35. The molecule has 156 valence electrons. The number of hydrogen-bond acceptors (Lipinski definition) is 8. The van der Waals surface area contributed by atoms with E-state index >= 15 is 0 Å². The molecule has 1 fully saturated rings. The van der Waals surface area contributed by atoms with Gasteiger partial charge in [0.05, 0.1) is 21.9 Å². The van der Waals surface area contributed by atoms with Gasteiger partial charge in [0.1, 0.15) is 11.5 Å². The second-order valence-electron chi connectivity index (χ2n) is 6.98. The summed E-state index contributed by atoms with van der Waals surface area (Å²) < 4.78 is 0. The Morgan fingerprint density at radius 2 is 1.20 bits per heavy atom. The van der Waals surface area contributed by atoms with Crippen LogP contribution in [0.5, 0.6) is 11.5 Å². The third-order valence-electron chi connectivity index (χ3n) is 4.95. The van der Waals surface area contributed by atoms with Gasteiger partial charge in [-0.25, -0.2) is 0 Å². The highest BCUT2D eigenvalue weighted by Gasteiger charge is 2.23. The first-order valence-electron chi connectivity index (χ1n) is 9.36. The SMILES string of the molecule is O=[N+]([O-])c1ccc(O)c(C=NC2CCCCC2N=Cc2cc([N+](=O)[O-])ccc2O)c1. The molecule has 0 aromatic heterocycles. The number of rotatable bonds is 6. The smallest absolute Gasteiger partial charge is 0.270 e. The van der Waals surface area contributed by atoms with Crippen molar-refractivity contribution in [3.05, 3.63) is 67.8 Å². The monoisotopic (exact) mass is 412 g/mol. The molecule has 10 nitrogen and oxygen atoms in total. The number of phenols is 2. The number of hydrogen-bond donors (Lipinski definition) is 2. The Morgan fingerprint density at radius 3 is 1.57 bits per heavy atom. The number of phenolic OH excluding ortho intramolecular Hbond substituents is 2. The van der Waals surface area contributed by atoms with Crippen molar-refractivity contribution in [1.82, 2.24) is 0 Å². The number of aromatic hydroxyl groups is 2. The van der Waals surface area contributed by atoms with Crippen LogP contribution in [0.2, 0.25) is 0 Å². The lowest BCUT2D eigenvalue weighted by Gasteiger charge is -2.25. The van der Waals surface area contributed by atoms with Gasteiger partial charge in [0, 0.05) is 47.8 Å². The highest BCUT2D eigenvalue weighted by atomic mass is 16.6. The molecular formula is C20H20N4O6. The van der Waals surface area contributed by atoms with E-state index in [2.05, 4.69) is 9.98 Å². The fourth-order valence-electron chi connectivity index (χ4n) is 3.31. The number of nitrogens with zero attached hydrogens (tertiary/aromatic N) is 4. The first-order valence-corrected chi connectivity index (χ1v) is 9.36. The van der Waals surface area contributed by atoms with Gasteiger partial charge >= 0.3 is 0 Å². The van der Waals surface area contributed by atoms with Crippen LogP contribution in [0.1, 0.15) is 36.8 Å². The van der Waals surface area contributed by atoms with Crippen molar-refractivity contribution < 1.29 is 20.1 Å². The fraction of sp³-hybridized carbons (Fsp3) is 0.300. The van der Waals surface area contributed by atoms with Gasteiger partial charge in [-0.2, -0.15) is 0 Å². The van der Waals surface area contributed by atoms with Crippen LogP contribution >= 0.6 is 0 Å². The summed E-state index contributed by atoms with van der Waals surface area (Å²) in [7, 11) is 0. The zero-order chi connectivity index (χ0) is 21.7. The Labute approximate surface area is 171 Å². The highest BCUT2D eigenvalue weighted by Crippen LogP contribution is 2.27. The normalized spacial score (nSPS) is 19.3. The van der Waals surface area contributed by atoms with Crippen molar-refractivity contribution in [3.8, 4) is 11.5 Å². The van der Waals surface area contributed by atoms with E-state index in [-0.39, 0.29) is 46.1 Å². The van der Waals surface area contributed by atoms with E-state index in [1.807, 2.05) is 0 Å². The largest absolute Gasteiger partial charge is 0.507 e.